The van der Waals surface area contributed by atoms with E-state index in [0.29, 0.717) is 0 Å². The SMILES string of the molecule is CC=CCNOC. The van der Waals surface area contributed by atoms with Crippen LogP contribution in [0, 0.1) is 0 Å². The molecule has 0 aliphatic heterocycles. The summed E-state index contributed by atoms with van der Waals surface area (Å²) < 4.78 is 0. The quantitative estimate of drug-likeness (QED) is 0.321. The number of hydroxylamine groups is 1. The molecule has 7 heavy (non-hydrogen) atoms. The largest absolute Gasteiger partial charge is 0.305 e. The minimum atomic E-state index is 0.785. The van der Waals surface area contributed by atoms with Gasteiger partial charge in [0.2, 0.25) is 0 Å². The van der Waals surface area contributed by atoms with Crippen molar-refractivity contribution < 1.29 is 4.84 Å². The summed E-state index contributed by atoms with van der Waals surface area (Å²) in [5.41, 5.74) is 2.66. The van der Waals surface area contributed by atoms with Crippen LogP contribution in [0.5, 0.6) is 0 Å². The van der Waals surface area contributed by atoms with Crippen LogP contribution in [0.1, 0.15) is 6.92 Å². The first-order valence-electron chi connectivity index (χ1n) is 2.28. The fraction of sp³-hybridized carbons (Fsp3) is 0.600. The zero-order valence-corrected chi connectivity index (χ0v) is 4.77. The number of hydrogen-bond acceptors (Lipinski definition) is 2. The molecule has 0 saturated carbocycles. The Kier molecular flexibility index (Phi) is 5.39. The summed E-state index contributed by atoms with van der Waals surface area (Å²) >= 11 is 0. The van der Waals surface area contributed by atoms with Crippen molar-refractivity contribution in [3.63, 3.8) is 0 Å². The normalized spacial score (nSPS) is 10.6. The first-order chi connectivity index (χ1) is 3.41. The summed E-state index contributed by atoms with van der Waals surface area (Å²) in [5.74, 6) is 0. The van der Waals surface area contributed by atoms with Crippen molar-refractivity contribution in [3.05, 3.63) is 12.2 Å². The van der Waals surface area contributed by atoms with Crippen molar-refractivity contribution in [2.24, 2.45) is 0 Å². The van der Waals surface area contributed by atoms with Crippen LogP contribution in [-0.2, 0) is 4.84 Å². The topological polar surface area (TPSA) is 21.3 Å². The minimum Gasteiger partial charge on any atom is -0.305 e. The molecule has 0 spiro atoms. The maximum Gasteiger partial charge on any atom is 0.0572 e. The van der Waals surface area contributed by atoms with E-state index >= 15 is 0 Å². The molecule has 0 aliphatic carbocycles. The number of rotatable bonds is 3. The number of hydrogen-bond donors (Lipinski definition) is 1. The monoisotopic (exact) mass is 101 g/mol. The van der Waals surface area contributed by atoms with E-state index in [9.17, 15) is 0 Å². The van der Waals surface area contributed by atoms with Crippen LogP contribution >= 0.6 is 0 Å². The molecule has 0 fully saturated rings. The summed E-state index contributed by atoms with van der Waals surface area (Å²) in [6.07, 6.45) is 3.94. The highest BCUT2D eigenvalue weighted by Crippen LogP contribution is 1.64. The van der Waals surface area contributed by atoms with E-state index in [4.69, 9.17) is 0 Å². The van der Waals surface area contributed by atoms with Crippen molar-refractivity contribution >= 4 is 0 Å². The number of nitrogens with one attached hydrogen (secondary N) is 1. The van der Waals surface area contributed by atoms with Crippen LogP contribution in [0.25, 0.3) is 0 Å². The second-order valence-electron chi connectivity index (χ2n) is 1.12. The third kappa shape index (κ3) is 5.66. The van der Waals surface area contributed by atoms with Crippen molar-refractivity contribution in [1.29, 1.82) is 0 Å². The second-order valence-corrected chi connectivity index (χ2v) is 1.12. The Morgan fingerprint density at radius 1 is 1.71 bits per heavy atom. The highest BCUT2D eigenvalue weighted by molar-refractivity contribution is 4.77. The van der Waals surface area contributed by atoms with E-state index in [2.05, 4.69) is 10.3 Å². The summed E-state index contributed by atoms with van der Waals surface area (Å²) in [6, 6.07) is 0. The standard InChI is InChI=1S/C5H11NO/c1-3-4-5-6-7-2/h3-4,6H,5H2,1-2H3. The summed E-state index contributed by atoms with van der Waals surface area (Å²) in [4.78, 5) is 4.54. The van der Waals surface area contributed by atoms with Crippen LogP contribution in [-0.4, -0.2) is 13.7 Å². The van der Waals surface area contributed by atoms with Gasteiger partial charge in [-0.15, -0.1) is 0 Å². The minimum absolute atomic E-state index is 0.785. The smallest absolute Gasteiger partial charge is 0.0572 e. The van der Waals surface area contributed by atoms with Crippen molar-refractivity contribution in [1.82, 2.24) is 5.48 Å². The van der Waals surface area contributed by atoms with Crippen LogP contribution < -0.4 is 5.48 Å². The Bertz CT molecular complexity index is 52.0. The molecule has 0 radical (unpaired) electrons. The molecule has 42 valence electrons. The summed E-state index contributed by atoms with van der Waals surface area (Å²) in [7, 11) is 1.60. The molecule has 0 amide bonds. The van der Waals surface area contributed by atoms with Gasteiger partial charge in [0.1, 0.15) is 0 Å². The molecular formula is C5H11NO. The van der Waals surface area contributed by atoms with Crippen molar-refractivity contribution in [2.75, 3.05) is 13.7 Å². The van der Waals surface area contributed by atoms with Crippen LogP contribution in [0.4, 0.5) is 0 Å². The molecule has 0 aromatic rings. The molecule has 0 aromatic carbocycles. The second kappa shape index (κ2) is 5.66. The van der Waals surface area contributed by atoms with Crippen molar-refractivity contribution in [3.8, 4) is 0 Å². The van der Waals surface area contributed by atoms with Gasteiger partial charge < -0.3 is 4.84 Å². The number of allylic oxidation sites excluding steroid dienone is 1. The molecule has 0 aliphatic rings. The van der Waals surface area contributed by atoms with Gasteiger partial charge in [-0.25, -0.2) is 0 Å². The molecule has 2 heteroatoms. The summed E-state index contributed by atoms with van der Waals surface area (Å²) in [5, 5.41) is 0. The van der Waals surface area contributed by atoms with E-state index in [-0.39, 0.29) is 0 Å². The molecule has 0 saturated heterocycles. The Labute approximate surface area is 44.1 Å². The van der Waals surface area contributed by atoms with Gasteiger partial charge in [0.15, 0.2) is 0 Å². The Morgan fingerprint density at radius 2 is 2.43 bits per heavy atom. The first-order valence-corrected chi connectivity index (χ1v) is 2.28. The highest BCUT2D eigenvalue weighted by Gasteiger charge is 1.68. The van der Waals surface area contributed by atoms with Crippen LogP contribution in [0.3, 0.4) is 0 Å². The molecule has 0 aromatic heterocycles. The maximum absolute atomic E-state index is 4.54. The predicted molar refractivity (Wildman–Crippen MR) is 29.8 cm³/mol. The Hall–Kier alpha value is -0.340. The molecule has 2 nitrogen and oxygen atoms in total. The average Bonchev–Trinajstić information content (AvgIpc) is 1.69. The Morgan fingerprint density at radius 3 is 2.86 bits per heavy atom. The molecule has 0 unspecified atom stereocenters. The molecule has 1 N–H and O–H groups in total. The van der Waals surface area contributed by atoms with E-state index in [0.717, 1.165) is 6.54 Å². The lowest BCUT2D eigenvalue weighted by Crippen LogP contribution is -2.10. The zero-order valence-electron chi connectivity index (χ0n) is 4.77. The lowest BCUT2D eigenvalue weighted by atomic mass is 10.5. The lowest BCUT2D eigenvalue weighted by molar-refractivity contribution is 0.101. The average molecular weight is 101 g/mol. The molecule has 0 bridgehead atoms. The third-order valence-electron chi connectivity index (χ3n) is 0.581. The van der Waals surface area contributed by atoms with E-state index in [1.165, 1.54) is 0 Å². The fourth-order valence-corrected chi connectivity index (χ4v) is 0.249. The third-order valence-corrected chi connectivity index (χ3v) is 0.581. The van der Waals surface area contributed by atoms with Gasteiger partial charge >= 0.3 is 0 Å². The van der Waals surface area contributed by atoms with Crippen LogP contribution in [0.2, 0.25) is 0 Å². The van der Waals surface area contributed by atoms with Gasteiger partial charge in [0.05, 0.1) is 7.11 Å². The molecular weight excluding hydrogens is 90.1 g/mol. The summed E-state index contributed by atoms with van der Waals surface area (Å²) in [6.45, 7) is 2.75. The maximum atomic E-state index is 4.54. The van der Waals surface area contributed by atoms with E-state index in [1.807, 2.05) is 19.1 Å². The highest BCUT2D eigenvalue weighted by atomic mass is 16.6. The molecule has 0 heterocycles. The van der Waals surface area contributed by atoms with E-state index in [1.54, 1.807) is 7.11 Å². The van der Waals surface area contributed by atoms with Gasteiger partial charge in [0, 0.05) is 6.54 Å². The zero-order chi connectivity index (χ0) is 5.54. The van der Waals surface area contributed by atoms with Gasteiger partial charge in [-0.2, -0.15) is 5.48 Å². The molecule has 0 atom stereocenters. The lowest BCUT2D eigenvalue weighted by Gasteiger charge is -1.91. The van der Waals surface area contributed by atoms with Gasteiger partial charge in [-0.1, -0.05) is 12.2 Å². The van der Waals surface area contributed by atoms with Gasteiger partial charge in [-0.05, 0) is 6.92 Å². The van der Waals surface area contributed by atoms with Crippen LogP contribution in [0.15, 0.2) is 12.2 Å². The Balaban J connectivity index is 2.69. The fourth-order valence-electron chi connectivity index (χ4n) is 0.249. The van der Waals surface area contributed by atoms with Crippen molar-refractivity contribution in [2.45, 2.75) is 6.92 Å². The predicted octanol–water partition coefficient (Wildman–Crippen LogP) is 0.714. The van der Waals surface area contributed by atoms with Gasteiger partial charge in [0.25, 0.3) is 0 Å². The first kappa shape index (κ1) is 6.66. The molecule has 0 rings (SSSR count). The van der Waals surface area contributed by atoms with Gasteiger partial charge in [-0.3, -0.25) is 0 Å². The van der Waals surface area contributed by atoms with E-state index < -0.39 is 0 Å².